The average molecular weight is 269 g/mol. The summed E-state index contributed by atoms with van der Waals surface area (Å²) < 4.78 is 0. The third-order valence-electron chi connectivity index (χ3n) is 3.33. The van der Waals surface area contributed by atoms with Gasteiger partial charge in [-0.2, -0.15) is 0 Å². The Morgan fingerprint density at radius 3 is 1.83 bits per heavy atom. The molecule has 0 heterocycles. The SMILES string of the molecule is CCCC/C=C/[P]CCCCCCCCCCC. The lowest BCUT2D eigenvalue weighted by molar-refractivity contribution is 0.573. The normalized spacial score (nSPS) is 12.1. The van der Waals surface area contributed by atoms with Crippen LogP contribution in [0.25, 0.3) is 0 Å². The molecule has 0 aromatic rings. The molecule has 0 aliphatic heterocycles. The smallest absolute Gasteiger partial charge is 0.0250 e. The van der Waals surface area contributed by atoms with E-state index >= 15 is 0 Å². The van der Waals surface area contributed by atoms with Gasteiger partial charge in [0.25, 0.3) is 0 Å². The minimum absolute atomic E-state index is 1.28. The Morgan fingerprint density at radius 1 is 0.667 bits per heavy atom. The van der Waals surface area contributed by atoms with Crippen LogP contribution in [0.2, 0.25) is 0 Å². The molecule has 0 aromatic carbocycles. The fraction of sp³-hybridized carbons (Fsp3) is 0.882. The van der Waals surface area contributed by atoms with Crippen molar-refractivity contribution >= 4 is 8.58 Å². The van der Waals surface area contributed by atoms with Crippen molar-refractivity contribution in [2.45, 2.75) is 90.9 Å². The van der Waals surface area contributed by atoms with Gasteiger partial charge >= 0.3 is 0 Å². The second kappa shape index (κ2) is 17.2. The lowest BCUT2D eigenvalue weighted by Gasteiger charge is -2.01. The van der Waals surface area contributed by atoms with Crippen LogP contribution in [0.5, 0.6) is 0 Å². The van der Waals surface area contributed by atoms with Crippen LogP contribution >= 0.6 is 8.58 Å². The van der Waals surface area contributed by atoms with E-state index in [-0.39, 0.29) is 0 Å². The molecule has 0 unspecified atom stereocenters. The van der Waals surface area contributed by atoms with Crippen LogP contribution in [0.1, 0.15) is 90.9 Å². The Bertz CT molecular complexity index is 163. The van der Waals surface area contributed by atoms with Crippen molar-refractivity contribution in [2.24, 2.45) is 0 Å². The first-order valence-corrected chi connectivity index (χ1v) is 9.38. The maximum absolute atomic E-state index is 2.36. The fourth-order valence-corrected chi connectivity index (χ4v) is 2.91. The summed E-state index contributed by atoms with van der Waals surface area (Å²) in [5.41, 5.74) is 0. The maximum Gasteiger partial charge on any atom is -0.0250 e. The Kier molecular flexibility index (Phi) is 17.3. The van der Waals surface area contributed by atoms with Crippen LogP contribution in [-0.4, -0.2) is 6.16 Å². The van der Waals surface area contributed by atoms with Gasteiger partial charge < -0.3 is 0 Å². The summed E-state index contributed by atoms with van der Waals surface area (Å²) in [5, 5.41) is 0. The second-order valence-electron chi connectivity index (χ2n) is 5.26. The highest BCUT2D eigenvalue weighted by atomic mass is 31.1. The molecule has 18 heavy (non-hydrogen) atoms. The van der Waals surface area contributed by atoms with E-state index in [4.69, 9.17) is 0 Å². The largest absolute Gasteiger partial charge is 0.0837 e. The summed E-state index contributed by atoms with van der Waals surface area (Å²) >= 11 is 0. The Morgan fingerprint density at radius 2 is 1.22 bits per heavy atom. The molecule has 0 aliphatic rings. The molecule has 0 nitrogen and oxygen atoms in total. The van der Waals surface area contributed by atoms with Gasteiger partial charge in [-0.15, -0.1) is 0 Å². The van der Waals surface area contributed by atoms with Gasteiger partial charge in [-0.25, -0.2) is 0 Å². The van der Waals surface area contributed by atoms with Crippen LogP contribution in [0, 0.1) is 0 Å². The van der Waals surface area contributed by atoms with Crippen molar-refractivity contribution in [1.82, 2.24) is 0 Å². The predicted molar refractivity (Wildman–Crippen MR) is 87.7 cm³/mol. The third kappa shape index (κ3) is 16.2. The van der Waals surface area contributed by atoms with E-state index in [9.17, 15) is 0 Å². The van der Waals surface area contributed by atoms with Crippen LogP contribution in [0.15, 0.2) is 11.9 Å². The van der Waals surface area contributed by atoms with Gasteiger partial charge in [-0.05, 0) is 19.0 Å². The minimum atomic E-state index is 1.28. The van der Waals surface area contributed by atoms with E-state index in [1.807, 2.05) is 0 Å². The topological polar surface area (TPSA) is 0 Å². The molecule has 0 fully saturated rings. The quantitative estimate of drug-likeness (QED) is 0.232. The standard InChI is InChI=1S/C17H34P/c1-3-5-7-9-10-11-12-13-15-17-18-16-14-8-6-4-2/h14,16H,3-13,15,17H2,1-2H3/b16-14+. The average Bonchev–Trinajstić information content (AvgIpc) is 2.39. The van der Waals surface area contributed by atoms with Gasteiger partial charge in [0, 0.05) is 0 Å². The molecule has 0 amide bonds. The van der Waals surface area contributed by atoms with Crippen LogP contribution in [0.4, 0.5) is 0 Å². The van der Waals surface area contributed by atoms with E-state index in [1.165, 1.54) is 91.8 Å². The van der Waals surface area contributed by atoms with Gasteiger partial charge in [0.05, 0.1) is 0 Å². The van der Waals surface area contributed by atoms with Crippen LogP contribution < -0.4 is 0 Å². The Labute approximate surface area is 118 Å². The number of hydrogen-bond donors (Lipinski definition) is 0. The number of allylic oxidation sites excluding steroid dienone is 1. The molecule has 0 saturated heterocycles. The molecule has 0 spiro atoms. The first-order chi connectivity index (χ1) is 8.91. The van der Waals surface area contributed by atoms with Gasteiger partial charge in [0.15, 0.2) is 0 Å². The maximum atomic E-state index is 2.36. The lowest BCUT2D eigenvalue weighted by Crippen LogP contribution is -1.82. The molecule has 107 valence electrons. The minimum Gasteiger partial charge on any atom is -0.0837 e. The molecule has 0 atom stereocenters. The molecule has 0 aliphatic carbocycles. The fourth-order valence-electron chi connectivity index (χ4n) is 2.06. The van der Waals surface area contributed by atoms with Crippen molar-refractivity contribution < 1.29 is 0 Å². The van der Waals surface area contributed by atoms with Crippen molar-refractivity contribution in [3.05, 3.63) is 11.9 Å². The monoisotopic (exact) mass is 269 g/mol. The molecule has 1 heteroatoms. The highest BCUT2D eigenvalue weighted by Gasteiger charge is 1.91. The zero-order chi connectivity index (χ0) is 13.3. The molecule has 0 rings (SSSR count). The van der Waals surface area contributed by atoms with Crippen molar-refractivity contribution in [3.63, 3.8) is 0 Å². The Hall–Kier alpha value is 0.170. The first kappa shape index (κ1) is 18.2. The molecule has 0 saturated carbocycles. The van der Waals surface area contributed by atoms with Crippen molar-refractivity contribution in [3.8, 4) is 0 Å². The zero-order valence-corrected chi connectivity index (χ0v) is 13.7. The van der Waals surface area contributed by atoms with Gasteiger partial charge in [0.1, 0.15) is 0 Å². The predicted octanol–water partition coefficient (Wildman–Crippen LogP) is 7.17. The summed E-state index contributed by atoms with van der Waals surface area (Å²) in [6.07, 6.45) is 20.7. The number of hydrogen-bond acceptors (Lipinski definition) is 0. The molecule has 0 bridgehead atoms. The summed E-state index contributed by atoms with van der Waals surface area (Å²) in [6.45, 7) is 4.55. The molecular weight excluding hydrogens is 235 g/mol. The summed E-state index contributed by atoms with van der Waals surface area (Å²) in [4.78, 5) is 0. The zero-order valence-electron chi connectivity index (χ0n) is 12.8. The van der Waals surface area contributed by atoms with Crippen molar-refractivity contribution in [1.29, 1.82) is 0 Å². The van der Waals surface area contributed by atoms with E-state index in [0.29, 0.717) is 0 Å². The van der Waals surface area contributed by atoms with E-state index < -0.39 is 0 Å². The molecule has 0 N–H and O–H groups in total. The van der Waals surface area contributed by atoms with E-state index in [1.54, 1.807) is 0 Å². The van der Waals surface area contributed by atoms with Gasteiger partial charge in [-0.1, -0.05) is 98.5 Å². The molecule has 0 aromatic heterocycles. The second-order valence-corrected chi connectivity index (χ2v) is 6.37. The highest BCUT2D eigenvalue weighted by Crippen LogP contribution is 2.17. The number of unbranched alkanes of at least 4 members (excludes halogenated alkanes) is 10. The highest BCUT2D eigenvalue weighted by molar-refractivity contribution is 7.41. The van der Waals surface area contributed by atoms with Crippen LogP contribution in [-0.2, 0) is 0 Å². The molecular formula is C17H34P. The summed E-state index contributed by atoms with van der Waals surface area (Å²) in [7, 11) is 1.54. The Balaban J connectivity index is 2.96. The van der Waals surface area contributed by atoms with Crippen LogP contribution in [0.3, 0.4) is 0 Å². The summed E-state index contributed by atoms with van der Waals surface area (Å²) in [6, 6.07) is 0. The van der Waals surface area contributed by atoms with Gasteiger partial charge in [0.2, 0.25) is 0 Å². The summed E-state index contributed by atoms with van der Waals surface area (Å²) in [5.74, 6) is 2.36. The number of rotatable bonds is 14. The van der Waals surface area contributed by atoms with E-state index in [2.05, 4.69) is 25.7 Å². The first-order valence-electron chi connectivity index (χ1n) is 8.23. The van der Waals surface area contributed by atoms with Gasteiger partial charge in [-0.3, -0.25) is 0 Å². The van der Waals surface area contributed by atoms with E-state index in [0.717, 1.165) is 0 Å². The lowest BCUT2D eigenvalue weighted by atomic mass is 10.1. The third-order valence-corrected chi connectivity index (χ3v) is 4.32. The van der Waals surface area contributed by atoms with Crippen molar-refractivity contribution in [2.75, 3.05) is 6.16 Å². The molecule has 1 radical (unpaired) electrons.